The Morgan fingerprint density at radius 3 is 2.38 bits per heavy atom. The van der Waals surface area contributed by atoms with E-state index in [0.717, 1.165) is 43.5 Å². The molecule has 0 radical (unpaired) electrons. The third-order valence-corrected chi connectivity index (χ3v) is 8.38. The lowest BCUT2D eigenvalue weighted by Gasteiger charge is -2.36. The number of amides is 3. The van der Waals surface area contributed by atoms with E-state index >= 15 is 0 Å². The maximum absolute atomic E-state index is 13.8. The number of rotatable bonds is 9. The number of piperidine rings is 1. The highest BCUT2D eigenvalue weighted by Crippen LogP contribution is 2.36. The van der Waals surface area contributed by atoms with Crippen LogP contribution in [0.25, 0.3) is 0 Å². The van der Waals surface area contributed by atoms with Gasteiger partial charge in [-0.1, -0.05) is 41.4 Å². The first kappa shape index (κ1) is 30.5. The summed E-state index contributed by atoms with van der Waals surface area (Å²) >= 11 is 12.6. The number of hydrogen-bond donors (Lipinski definition) is 1. The van der Waals surface area contributed by atoms with E-state index in [-0.39, 0.29) is 18.0 Å². The van der Waals surface area contributed by atoms with Crippen LogP contribution >= 0.6 is 23.2 Å². The van der Waals surface area contributed by atoms with Gasteiger partial charge in [-0.25, -0.2) is 4.79 Å². The molecular formula is C31H42Cl2N4O3. The SMILES string of the molecule is Cc1ccc(C2CCN(C(=O)[C@@H](Cc3ccc(Cl)cc3Cl)NC(=O)N3CCCC3)CC2)c(O[C@@H](C)CN(C)C)c1. The van der Waals surface area contributed by atoms with Crippen LogP contribution in [0, 0.1) is 6.92 Å². The Morgan fingerprint density at radius 2 is 1.73 bits per heavy atom. The number of hydrogen-bond acceptors (Lipinski definition) is 4. The zero-order chi connectivity index (χ0) is 28.8. The molecule has 2 heterocycles. The van der Waals surface area contributed by atoms with Gasteiger partial charge in [-0.2, -0.15) is 0 Å². The number of halogens is 2. The average Bonchev–Trinajstić information content (AvgIpc) is 3.44. The van der Waals surface area contributed by atoms with Gasteiger partial charge in [-0.15, -0.1) is 0 Å². The van der Waals surface area contributed by atoms with Crippen molar-refractivity contribution in [2.75, 3.05) is 46.8 Å². The molecule has 2 saturated heterocycles. The van der Waals surface area contributed by atoms with Crippen LogP contribution in [-0.4, -0.2) is 85.6 Å². The van der Waals surface area contributed by atoms with Crippen molar-refractivity contribution in [3.05, 3.63) is 63.1 Å². The molecule has 0 bridgehead atoms. The van der Waals surface area contributed by atoms with E-state index in [2.05, 4.69) is 42.3 Å². The molecule has 0 spiro atoms. The van der Waals surface area contributed by atoms with Crippen molar-refractivity contribution < 1.29 is 14.3 Å². The van der Waals surface area contributed by atoms with Gasteiger partial charge in [0.2, 0.25) is 5.91 Å². The van der Waals surface area contributed by atoms with Crippen LogP contribution in [-0.2, 0) is 11.2 Å². The first-order valence-electron chi connectivity index (χ1n) is 14.3. The lowest BCUT2D eigenvalue weighted by Crippen LogP contribution is -2.54. The van der Waals surface area contributed by atoms with Gasteiger partial charge >= 0.3 is 6.03 Å². The molecule has 2 aromatic rings. The van der Waals surface area contributed by atoms with Crippen molar-refractivity contribution >= 4 is 35.1 Å². The first-order chi connectivity index (χ1) is 19.1. The summed E-state index contributed by atoms with van der Waals surface area (Å²) in [6.45, 7) is 7.68. The fourth-order valence-corrected chi connectivity index (χ4v) is 6.23. The number of carbonyl (C=O) groups is 2. The molecular weight excluding hydrogens is 547 g/mol. The Kier molecular flexibility index (Phi) is 10.6. The van der Waals surface area contributed by atoms with Crippen LogP contribution in [0.4, 0.5) is 4.79 Å². The Balaban J connectivity index is 1.45. The predicted octanol–water partition coefficient (Wildman–Crippen LogP) is 5.75. The highest BCUT2D eigenvalue weighted by molar-refractivity contribution is 6.35. The third kappa shape index (κ3) is 8.05. The minimum absolute atomic E-state index is 0.0666. The summed E-state index contributed by atoms with van der Waals surface area (Å²) in [4.78, 5) is 32.6. The standard InChI is InChI=1S/C31H42Cl2N4O3/c1-21-7-10-26(29(17-21)40-22(2)20-35(3)4)23-11-15-36(16-12-23)30(38)28(34-31(39)37-13-5-6-14-37)18-24-8-9-25(32)19-27(24)33/h7-10,17,19,22-23,28H,5-6,11-16,18,20H2,1-4H3,(H,34,39)/t22-,28+/m0/s1. The summed E-state index contributed by atoms with van der Waals surface area (Å²) < 4.78 is 6.39. The lowest BCUT2D eigenvalue weighted by molar-refractivity contribution is -0.134. The van der Waals surface area contributed by atoms with E-state index in [1.165, 1.54) is 11.1 Å². The predicted molar refractivity (Wildman–Crippen MR) is 162 cm³/mol. The quantitative estimate of drug-likeness (QED) is 0.405. The van der Waals surface area contributed by atoms with Crippen LogP contribution in [0.15, 0.2) is 36.4 Å². The van der Waals surface area contributed by atoms with Gasteiger partial charge in [0.05, 0.1) is 0 Å². The Morgan fingerprint density at radius 1 is 1.02 bits per heavy atom. The molecule has 9 heteroatoms. The average molecular weight is 590 g/mol. The number of carbonyl (C=O) groups excluding carboxylic acids is 2. The normalized spacial score (nSPS) is 17.7. The zero-order valence-electron chi connectivity index (χ0n) is 24.1. The van der Waals surface area contributed by atoms with Crippen molar-refractivity contribution in [2.24, 2.45) is 0 Å². The number of benzene rings is 2. The fourth-order valence-electron chi connectivity index (χ4n) is 5.75. The molecule has 0 saturated carbocycles. The van der Waals surface area contributed by atoms with Gasteiger partial charge in [0.25, 0.3) is 0 Å². The summed E-state index contributed by atoms with van der Waals surface area (Å²) in [5.74, 6) is 1.17. The van der Waals surface area contributed by atoms with Crippen LogP contribution in [0.3, 0.4) is 0 Å². The molecule has 2 aromatic carbocycles. The van der Waals surface area contributed by atoms with Gasteiger partial charge in [0.1, 0.15) is 17.9 Å². The fraction of sp³-hybridized carbons (Fsp3) is 0.548. The smallest absolute Gasteiger partial charge is 0.318 e. The number of urea groups is 1. The molecule has 2 aliphatic heterocycles. The van der Waals surface area contributed by atoms with Crippen molar-refractivity contribution in [1.29, 1.82) is 0 Å². The largest absolute Gasteiger partial charge is 0.489 e. The lowest BCUT2D eigenvalue weighted by atomic mass is 9.88. The second-order valence-corrected chi connectivity index (χ2v) is 12.3. The second-order valence-electron chi connectivity index (χ2n) is 11.5. The maximum atomic E-state index is 13.8. The van der Waals surface area contributed by atoms with E-state index < -0.39 is 6.04 Å². The summed E-state index contributed by atoms with van der Waals surface area (Å²) in [5, 5.41) is 4.05. The highest BCUT2D eigenvalue weighted by atomic mass is 35.5. The second kappa shape index (κ2) is 13.9. The van der Waals surface area contributed by atoms with Gasteiger partial charge < -0.3 is 24.8 Å². The molecule has 2 atom stereocenters. The van der Waals surface area contributed by atoms with Crippen molar-refractivity contribution in [1.82, 2.24) is 20.0 Å². The molecule has 40 heavy (non-hydrogen) atoms. The number of nitrogens with one attached hydrogen (secondary N) is 1. The van der Waals surface area contributed by atoms with E-state index in [4.69, 9.17) is 27.9 Å². The molecule has 4 rings (SSSR count). The van der Waals surface area contributed by atoms with Gasteiger partial charge in [-0.05, 0) is 94.4 Å². The molecule has 0 aliphatic carbocycles. The summed E-state index contributed by atoms with van der Waals surface area (Å²) in [7, 11) is 4.09. The summed E-state index contributed by atoms with van der Waals surface area (Å²) in [5.41, 5.74) is 3.16. The molecule has 2 fully saturated rings. The van der Waals surface area contributed by atoms with Crippen LogP contribution in [0.2, 0.25) is 10.0 Å². The highest BCUT2D eigenvalue weighted by Gasteiger charge is 2.32. The zero-order valence-corrected chi connectivity index (χ0v) is 25.6. The number of nitrogens with zero attached hydrogens (tertiary/aromatic N) is 3. The topological polar surface area (TPSA) is 65.1 Å². The van der Waals surface area contributed by atoms with Crippen LogP contribution in [0.1, 0.15) is 55.2 Å². The third-order valence-electron chi connectivity index (χ3n) is 7.79. The minimum atomic E-state index is -0.700. The Hall–Kier alpha value is -2.48. The number of likely N-dealkylation sites (tertiary alicyclic amines) is 2. The summed E-state index contributed by atoms with van der Waals surface area (Å²) in [6.07, 6.45) is 4.02. The van der Waals surface area contributed by atoms with Crippen LogP contribution < -0.4 is 10.1 Å². The van der Waals surface area contributed by atoms with Crippen molar-refractivity contribution in [3.63, 3.8) is 0 Å². The van der Waals surface area contributed by atoms with E-state index in [9.17, 15) is 9.59 Å². The maximum Gasteiger partial charge on any atom is 0.318 e. The van der Waals surface area contributed by atoms with Gasteiger partial charge in [0.15, 0.2) is 0 Å². The van der Waals surface area contributed by atoms with Gasteiger partial charge in [-0.3, -0.25) is 4.79 Å². The molecule has 0 aromatic heterocycles. The van der Waals surface area contributed by atoms with E-state index in [1.807, 2.05) is 25.1 Å². The Bertz CT molecular complexity index is 1180. The van der Waals surface area contributed by atoms with Gasteiger partial charge in [0, 0.05) is 49.2 Å². The number of ether oxygens (including phenoxy) is 1. The molecule has 2 aliphatic rings. The first-order valence-corrected chi connectivity index (χ1v) is 15.1. The molecule has 7 nitrogen and oxygen atoms in total. The molecule has 218 valence electrons. The summed E-state index contributed by atoms with van der Waals surface area (Å²) in [6, 6.07) is 10.8. The van der Waals surface area contributed by atoms with E-state index in [1.54, 1.807) is 17.0 Å². The van der Waals surface area contributed by atoms with Crippen molar-refractivity contribution in [3.8, 4) is 5.75 Å². The monoisotopic (exact) mass is 588 g/mol. The molecule has 0 unspecified atom stereocenters. The number of likely N-dealkylation sites (N-methyl/N-ethyl adjacent to an activating group) is 1. The number of aryl methyl sites for hydroxylation is 1. The molecule has 3 amide bonds. The van der Waals surface area contributed by atoms with Crippen LogP contribution in [0.5, 0.6) is 5.75 Å². The van der Waals surface area contributed by atoms with E-state index in [0.29, 0.717) is 48.6 Å². The molecule has 1 N–H and O–H groups in total. The minimum Gasteiger partial charge on any atom is -0.489 e. The van der Waals surface area contributed by atoms with Crippen molar-refractivity contribution in [2.45, 2.75) is 64.0 Å². The Labute approximate surface area is 248 Å².